The van der Waals surface area contributed by atoms with E-state index in [1.54, 1.807) is 0 Å². The van der Waals surface area contributed by atoms with Crippen LogP contribution in [0.25, 0.3) is 0 Å². The maximum Gasteiger partial charge on any atom is 0.224 e. The average Bonchev–Trinajstić information content (AvgIpc) is 2.03. The molecule has 6 heteroatoms. The lowest BCUT2D eigenvalue weighted by atomic mass is 9.77. The van der Waals surface area contributed by atoms with Gasteiger partial charge in [0.1, 0.15) is 0 Å². The maximum atomic E-state index is 11.1. The number of aliphatic hydroxyl groups is 2. The zero-order valence-electron chi connectivity index (χ0n) is 7.90. The van der Waals surface area contributed by atoms with Crippen LogP contribution in [0.5, 0.6) is 0 Å². The molecule has 0 aliphatic carbocycles. The number of hydrogen-bond donors (Lipinski definition) is 4. The smallest absolute Gasteiger partial charge is 0.224 e. The van der Waals surface area contributed by atoms with Crippen molar-refractivity contribution < 1.29 is 19.8 Å². The Bertz CT molecular complexity index is 211. The molecular weight excluding hydrogens is 188 g/mol. The Balaban J connectivity index is 4.73. The van der Waals surface area contributed by atoms with Gasteiger partial charge in [0.2, 0.25) is 11.8 Å². The number of aliphatic hydroxyl groups excluding tert-OH is 2. The second-order valence-electron chi connectivity index (χ2n) is 3.23. The minimum Gasteiger partial charge on any atom is -0.396 e. The Hall–Kier alpha value is -1.14. The van der Waals surface area contributed by atoms with E-state index in [2.05, 4.69) is 0 Å². The lowest BCUT2D eigenvalue weighted by molar-refractivity contribution is -0.135. The molecule has 0 aromatic heterocycles. The second-order valence-corrected chi connectivity index (χ2v) is 3.23. The third-order valence-electron chi connectivity index (χ3n) is 2.22. The van der Waals surface area contributed by atoms with Crippen molar-refractivity contribution in [2.24, 2.45) is 16.9 Å². The number of hydrogen-bond acceptors (Lipinski definition) is 4. The Labute approximate surface area is 81.9 Å². The summed E-state index contributed by atoms with van der Waals surface area (Å²) >= 11 is 0. The number of amides is 2. The van der Waals surface area contributed by atoms with Gasteiger partial charge >= 0.3 is 0 Å². The zero-order chi connectivity index (χ0) is 11.2. The van der Waals surface area contributed by atoms with Gasteiger partial charge in [-0.15, -0.1) is 0 Å². The summed E-state index contributed by atoms with van der Waals surface area (Å²) in [6, 6.07) is 0. The summed E-state index contributed by atoms with van der Waals surface area (Å²) in [6.45, 7) is -0.563. The number of carbonyl (C=O) groups excluding carboxylic acids is 2. The summed E-state index contributed by atoms with van der Waals surface area (Å²) < 4.78 is 0. The van der Waals surface area contributed by atoms with Gasteiger partial charge in [-0.1, -0.05) is 0 Å². The molecule has 6 nitrogen and oxygen atoms in total. The molecule has 0 spiro atoms. The molecule has 0 radical (unpaired) electrons. The first-order valence-electron chi connectivity index (χ1n) is 4.28. The molecule has 14 heavy (non-hydrogen) atoms. The fraction of sp³-hybridized carbons (Fsp3) is 0.750. The van der Waals surface area contributed by atoms with E-state index in [0.29, 0.717) is 0 Å². The van der Waals surface area contributed by atoms with Crippen LogP contribution in [0.2, 0.25) is 0 Å². The van der Waals surface area contributed by atoms with Crippen molar-refractivity contribution in [3.05, 3.63) is 0 Å². The first-order chi connectivity index (χ1) is 6.48. The van der Waals surface area contributed by atoms with Crippen LogP contribution in [0.15, 0.2) is 0 Å². The lowest BCUT2D eigenvalue weighted by Crippen LogP contribution is -2.42. The molecule has 0 aliphatic heterocycles. The molecule has 0 rings (SSSR count). The van der Waals surface area contributed by atoms with Gasteiger partial charge in [0.15, 0.2) is 0 Å². The van der Waals surface area contributed by atoms with E-state index < -0.39 is 17.2 Å². The normalized spacial score (nSPS) is 11.3. The lowest BCUT2D eigenvalue weighted by Gasteiger charge is -2.27. The van der Waals surface area contributed by atoms with Crippen molar-refractivity contribution >= 4 is 11.8 Å². The van der Waals surface area contributed by atoms with Crippen molar-refractivity contribution in [2.45, 2.75) is 19.3 Å². The monoisotopic (exact) mass is 204 g/mol. The Morgan fingerprint density at radius 1 is 1.07 bits per heavy atom. The van der Waals surface area contributed by atoms with Crippen molar-refractivity contribution in [1.29, 1.82) is 0 Å². The summed E-state index contributed by atoms with van der Waals surface area (Å²) in [5.74, 6) is -1.40. The van der Waals surface area contributed by atoms with E-state index in [9.17, 15) is 9.59 Å². The molecule has 0 saturated carbocycles. The highest BCUT2D eigenvalue weighted by atomic mass is 16.3. The van der Waals surface area contributed by atoms with Crippen LogP contribution in [-0.4, -0.2) is 35.2 Å². The summed E-state index contributed by atoms with van der Waals surface area (Å²) in [4.78, 5) is 21.8. The van der Waals surface area contributed by atoms with Crippen LogP contribution in [0.1, 0.15) is 19.3 Å². The third-order valence-corrected chi connectivity index (χ3v) is 2.22. The number of rotatable bonds is 7. The molecule has 0 aromatic carbocycles. The van der Waals surface area contributed by atoms with E-state index in [1.165, 1.54) is 0 Å². The van der Waals surface area contributed by atoms with Crippen LogP contribution < -0.4 is 11.5 Å². The molecule has 0 fully saturated rings. The van der Waals surface area contributed by atoms with Gasteiger partial charge in [-0.2, -0.15) is 0 Å². The van der Waals surface area contributed by atoms with Crippen LogP contribution in [0.4, 0.5) is 0 Å². The van der Waals surface area contributed by atoms with Crippen LogP contribution in [0, 0.1) is 5.41 Å². The van der Waals surface area contributed by atoms with E-state index >= 15 is 0 Å². The van der Waals surface area contributed by atoms with Gasteiger partial charge in [0, 0.05) is 19.6 Å². The Morgan fingerprint density at radius 3 is 1.71 bits per heavy atom. The molecule has 0 heterocycles. The van der Waals surface area contributed by atoms with E-state index in [0.717, 1.165) is 0 Å². The fourth-order valence-corrected chi connectivity index (χ4v) is 1.40. The zero-order valence-corrected chi connectivity index (χ0v) is 7.90. The number of carbonyl (C=O) groups is 2. The number of primary amides is 2. The highest BCUT2D eigenvalue weighted by Gasteiger charge is 2.37. The van der Waals surface area contributed by atoms with Gasteiger partial charge in [-0.3, -0.25) is 9.59 Å². The molecule has 0 saturated heterocycles. The van der Waals surface area contributed by atoms with Gasteiger partial charge < -0.3 is 21.7 Å². The molecule has 0 unspecified atom stereocenters. The molecule has 0 aromatic rings. The minimum atomic E-state index is -1.21. The first-order valence-corrected chi connectivity index (χ1v) is 4.28. The maximum absolute atomic E-state index is 11.1. The van der Waals surface area contributed by atoms with Crippen molar-refractivity contribution in [2.75, 3.05) is 13.2 Å². The molecule has 6 N–H and O–H groups in total. The SMILES string of the molecule is NC(=O)CC(CCO)(CCO)C(N)=O. The first kappa shape index (κ1) is 12.9. The topological polar surface area (TPSA) is 127 Å². The fourth-order valence-electron chi connectivity index (χ4n) is 1.40. The molecule has 0 atom stereocenters. The predicted molar refractivity (Wildman–Crippen MR) is 48.8 cm³/mol. The van der Waals surface area contributed by atoms with E-state index in [-0.39, 0.29) is 32.5 Å². The van der Waals surface area contributed by atoms with E-state index in [4.69, 9.17) is 21.7 Å². The molecule has 2 amide bonds. The minimum absolute atomic E-state index is 0.0336. The highest BCUT2D eigenvalue weighted by molar-refractivity contribution is 5.87. The largest absolute Gasteiger partial charge is 0.396 e. The van der Waals surface area contributed by atoms with Gasteiger partial charge in [0.05, 0.1) is 5.41 Å². The van der Waals surface area contributed by atoms with Gasteiger partial charge in [-0.05, 0) is 12.8 Å². The Kier molecular flexibility index (Phi) is 5.11. The van der Waals surface area contributed by atoms with Crippen LogP contribution in [0.3, 0.4) is 0 Å². The standard InChI is InChI=1S/C8H16N2O4/c9-6(13)5-8(1-3-11,2-4-12)7(10)14/h11-12H,1-5H2,(H2,9,13)(H2,10,14). The molecule has 0 aliphatic rings. The summed E-state index contributed by atoms with van der Waals surface area (Å²) in [5.41, 5.74) is 8.88. The molecule has 82 valence electrons. The number of nitrogens with two attached hydrogens (primary N) is 2. The predicted octanol–water partition coefficient (Wildman–Crippen LogP) is -1.90. The highest BCUT2D eigenvalue weighted by Crippen LogP contribution is 2.29. The third kappa shape index (κ3) is 3.31. The van der Waals surface area contributed by atoms with Gasteiger partial charge in [-0.25, -0.2) is 0 Å². The molecular formula is C8H16N2O4. The molecule has 0 bridgehead atoms. The Morgan fingerprint density at radius 2 is 1.50 bits per heavy atom. The second kappa shape index (κ2) is 5.56. The van der Waals surface area contributed by atoms with Crippen LogP contribution >= 0.6 is 0 Å². The summed E-state index contributed by atoms with van der Waals surface area (Å²) in [6.07, 6.45) is -0.179. The summed E-state index contributed by atoms with van der Waals surface area (Å²) in [7, 11) is 0. The van der Waals surface area contributed by atoms with Gasteiger partial charge in [0.25, 0.3) is 0 Å². The van der Waals surface area contributed by atoms with Crippen molar-refractivity contribution in [1.82, 2.24) is 0 Å². The van der Waals surface area contributed by atoms with Crippen molar-refractivity contribution in [3.63, 3.8) is 0 Å². The van der Waals surface area contributed by atoms with E-state index in [1.807, 2.05) is 0 Å². The average molecular weight is 204 g/mol. The summed E-state index contributed by atoms with van der Waals surface area (Å²) in [5, 5.41) is 17.5. The van der Waals surface area contributed by atoms with Crippen molar-refractivity contribution in [3.8, 4) is 0 Å². The van der Waals surface area contributed by atoms with Crippen LogP contribution in [-0.2, 0) is 9.59 Å². The quantitative estimate of drug-likeness (QED) is 0.386.